The number of hydrogen-bond donors (Lipinski definition) is 1. The summed E-state index contributed by atoms with van der Waals surface area (Å²) >= 11 is 0. The second-order valence-electron chi connectivity index (χ2n) is 5.76. The predicted octanol–water partition coefficient (Wildman–Crippen LogP) is 3.66. The number of benzene rings is 1. The van der Waals surface area contributed by atoms with Gasteiger partial charge in [-0.15, -0.1) is 0 Å². The molecule has 1 unspecified atom stereocenters. The minimum atomic E-state index is -0.905. The monoisotopic (exact) mass is 272 g/mol. The van der Waals surface area contributed by atoms with Gasteiger partial charge in [0.1, 0.15) is 11.3 Å². The highest BCUT2D eigenvalue weighted by Crippen LogP contribution is 2.38. The normalized spacial score (nSPS) is 16.5. The van der Waals surface area contributed by atoms with Gasteiger partial charge in [0, 0.05) is 12.5 Å². The smallest absolute Gasteiger partial charge is 0.337 e. The van der Waals surface area contributed by atoms with Crippen molar-refractivity contribution in [3.8, 4) is 0 Å². The molecule has 20 heavy (non-hydrogen) atoms. The number of hydrogen-bond acceptors (Lipinski definition) is 2. The SMILES string of the molecule is CCc1nc2c(C(=O)O)cccc2n1C(C)CC1CC1. The summed E-state index contributed by atoms with van der Waals surface area (Å²) in [5.74, 6) is 0.925. The number of para-hydroxylation sites is 1. The molecule has 0 spiro atoms. The number of aromatic carboxylic acids is 1. The van der Waals surface area contributed by atoms with Crippen molar-refractivity contribution in [2.45, 2.75) is 45.6 Å². The van der Waals surface area contributed by atoms with Gasteiger partial charge in [0.25, 0.3) is 0 Å². The molecule has 4 heteroatoms. The van der Waals surface area contributed by atoms with Crippen molar-refractivity contribution >= 4 is 17.0 Å². The lowest BCUT2D eigenvalue weighted by Crippen LogP contribution is -2.09. The standard InChI is InChI=1S/C16H20N2O2/c1-3-14-17-15-12(16(19)20)5-4-6-13(15)18(14)10(2)9-11-7-8-11/h4-6,10-11H,3,7-9H2,1-2H3,(H,19,20). The van der Waals surface area contributed by atoms with Crippen molar-refractivity contribution in [3.05, 3.63) is 29.6 Å². The Bertz CT molecular complexity index is 656. The highest BCUT2D eigenvalue weighted by atomic mass is 16.4. The highest BCUT2D eigenvalue weighted by molar-refractivity contribution is 6.01. The first kappa shape index (κ1) is 13.2. The van der Waals surface area contributed by atoms with E-state index in [4.69, 9.17) is 0 Å². The molecule has 1 N–H and O–H groups in total. The van der Waals surface area contributed by atoms with Gasteiger partial charge >= 0.3 is 5.97 Å². The first-order valence-electron chi connectivity index (χ1n) is 7.35. The van der Waals surface area contributed by atoms with Crippen LogP contribution in [0.1, 0.15) is 55.3 Å². The van der Waals surface area contributed by atoms with E-state index in [9.17, 15) is 9.90 Å². The van der Waals surface area contributed by atoms with E-state index in [1.807, 2.05) is 12.1 Å². The number of carbonyl (C=O) groups is 1. The summed E-state index contributed by atoms with van der Waals surface area (Å²) in [7, 11) is 0. The van der Waals surface area contributed by atoms with E-state index in [1.54, 1.807) is 6.07 Å². The van der Waals surface area contributed by atoms with E-state index in [0.717, 1.165) is 30.1 Å². The molecule has 1 aromatic heterocycles. The lowest BCUT2D eigenvalue weighted by Gasteiger charge is -2.17. The van der Waals surface area contributed by atoms with E-state index in [2.05, 4.69) is 23.4 Å². The topological polar surface area (TPSA) is 55.1 Å². The molecule has 0 saturated heterocycles. The van der Waals surface area contributed by atoms with Gasteiger partial charge in [-0.2, -0.15) is 0 Å². The molecule has 1 aliphatic rings. The minimum Gasteiger partial charge on any atom is -0.478 e. The molecule has 0 radical (unpaired) electrons. The Morgan fingerprint density at radius 2 is 2.25 bits per heavy atom. The van der Waals surface area contributed by atoms with Gasteiger partial charge in [-0.3, -0.25) is 0 Å². The molecule has 1 saturated carbocycles. The number of carboxylic acids is 1. The number of rotatable bonds is 5. The molecular weight excluding hydrogens is 252 g/mol. The zero-order valence-electron chi connectivity index (χ0n) is 12.0. The zero-order chi connectivity index (χ0) is 14.3. The van der Waals surface area contributed by atoms with Crippen LogP contribution in [0, 0.1) is 5.92 Å². The number of aromatic nitrogens is 2. The highest BCUT2D eigenvalue weighted by Gasteiger charge is 2.26. The average Bonchev–Trinajstić information content (AvgIpc) is 3.14. The van der Waals surface area contributed by atoms with Crippen molar-refractivity contribution < 1.29 is 9.90 Å². The summed E-state index contributed by atoms with van der Waals surface area (Å²) in [6, 6.07) is 5.81. The Hall–Kier alpha value is -1.84. The zero-order valence-corrected chi connectivity index (χ0v) is 12.0. The van der Waals surface area contributed by atoms with Crippen molar-refractivity contribution in [2.75, 3.05) is 0 Å². The summed E-state index contributed by atoms with van der Waals surface area (Å²) in [5.41, 5.74) is 1.88. The fourth-order valence-corrected chi connectivity index (χ4v) is 3.02. The van der Waals surface area contributed by atoms with Crippen LogP contribution in [0.5, 0.6) is 0 Å². The Balaban J connectivity index is 2.13. The third kappa shape index (κ3) is 2.19. The molecule has 1 aliphatic carbocycles. The second-order valence-corrected chi connectivity index (χ2v) is 5.76. The summed E-state index contributed by atoms with van der Waals surface area (Å²) < 4.78 is 2.24. The maximum absolute atomic E-state index is 11.3. The molecule has 1 heterocycles. The van der Waals surface area contributed by atoms with Crippen molar-refractivity contribution in [1.29, 1.82) is 0 Å². The van der Waals surface area contributed by atoms with Gasteiger partial charge < -0.3 is 9.67 Å². The molecule has 0 aliphatic heterocycles. The van der Waals surface area contributed by atoms with E-state index in [1.165, 1.54) is 12.8 Å². The Kier molecular flexibility index (Phi) is 3.24. The van der Waals surface area contributed by atoms with E-state index in [-0.39, 0.29) is 0 Å². The van der Waals surface area contributed by atoms with Gasteiger partial charge in [-0.25, -0.2) is 9.78 Å². The van der Waals surface area contributed by atoms with Crippen LogP contribution >= 0.6 is 0 Å². The van der Waals surface area contributed by atoms with Crippen molar-refractivity contribution in [3.63, 3.8) is 0 Å². The summed E-state index contributed by atoms with van der Waals surface area (Å²) in [6.45, 7) is 4.29. The van der Waals surface area contributed by atoms with Crippen LogP contribution in [0.25, 0.3) is 11.0 Å². The Labute approximate surface area is 118 Å². The average molecular weight is 272 g/mol. The van der Waals surface area contributed by atoms with Crippen molar-refractivity contribution in [1.82, 2.24) is 9.55 Å². The predicted molar refractivity (Wildman–Crippen MR) is 78.1 cm³/mol. The first-order chi connectivity index (χ1) is 9.61. The molecule has 1 fully saturated rings. The number of fused-ring (bicyclic) bond motifs is 1. The lowest BCUT2D eigenvalue weighted by molar-refractivity contribution is 0.0699. The molecule has 0 bridgehead atoms. The molecule has 1 aromatic carbocycles. The number of imidazole rings is 1. The van der Waals surface area contributed by atoms with Crippen LogP contribution < -0.4 is 0 Å². The molecule has 0 amide bonds. The molecule has 1 atom stereocenters. The fraction of sp³-hybridized carbons (Fsp3) is 0.500. The van der Waals surface area contributed by atoms with Crippen LogP contribution in [-0.2, 0) is 6.42 Å². The Morgan fingerprint density at radius 3 is 2.85 bits per heavy atom. The van der Waals surface area contributed by atoms with Gasteiger partial charge in [0.2, 0.25) is 0 Å². The molecule has 4 nitrogen and oxygen atoms in total. The van der Waals surface area contributed by atoms with E-state index >= 15 is 0 Å². The fourth-order valence-electron chi connectivity index (χ4n) is 3.02. The van der Waals surface area contributed by atoms with E-state index in [0.29, 0.717) is 17.1 Å². The second kappa shape index (κ2) is 4.93. The van der Waals surface area contributed by atoms with Crippen LogP contribution in [0.3, 0.4) is 0 Å². The molecule has 2 aromatic rings. The number of nitrogens with zero attached hydrogens (tertiary/aromatic N) is 2. The molecular formula is C16H20N2O2. The van der Waals surface area contributed by atoms with Gasteiger partial charge in [0.15, 0.2) is 0 Å². The largest absolute Gasteiger partial charge is 0.478 e. The third-order valence-electron chi connectivity index (χ3n) is 4.15. The number of aryl methyl sites for hydroxylation is 1. The molecule has 106 valence electrons. The van der Waals surface area contributed by atoms with Gasteiger partial charge in [-0.1, -0.05) is 25.8 Å². The van der Waals surface area contributed by atoms with Crippen LogP contribution in [-0.4, -0.2) is 20.6 Å². The summed E-state index contributed by atoms with van der Waals surface area (Å²) in [6.07, 6.45) is 4.65. The van der Waals surface area contributed by atoms with Crippen LogP contribution in [0.15, 0.2) is 18.2 Å². The van der Waals surface area contributed by atoms with Crippen LogP contribution in [0.4, 0.5) is 0 Å². The van der Waals surface area contributed by atoms with Crippen molar-refractivity contribution in [2.24, 2.45) is 5.92 Å². The summed E-state index contributed by atoms with van der Waals surface area (Å²) in [4.78, 5) is 15.9. The van der Waals surface area contributed by atoms with E-state index < -0.39 is 5.97 Å². The number of carboxylic acid groups (broad SMARTS) is 1. The molecule has 3 rings (SSSR count). The first-order valence-corrected chi connectivity index (χ1v) is 7.35. The van der Waals surface area contributed by atoms with Crippen LogP contribution in [0.2, 0.25) is 0 Å². The lowest BCUT2D eigenvalue weighted by atomic mass is 10.1. The summed E-state index contributed by atoms with van der Waals surface area (Å²) in [5, 5.41) is 9.30. The van der Waals surface area contributed by atoms with Gasteiger partial charge in [0.05, 0.1) is 11.1 Å². The minimum absolute atomic E-state index is 0.301. The third-order valence-corrected chi connectivity index (χ3v) is 4.15. The maximum atomic E-state index is 11.3. The quantitative estimate of drug-likeness (QED) is 0.903. The Morgan fingerprint density at radius 1 is 1.50 bits per heavy atom. The maximum Gasteiger partial charge on any atom is 0.337 e. The van der Waals surface area contributed by atoms with Gasteiger partial charge in [-0.05, 0) is 31.4 Å².